The third-order valence-electron chi connectivity index (χ3n) is 1.33. The van der Waals surface area contributed by atoms with Crippen molar-refractivity contribution >= 4 is 27.6 Å². The molecule has 0 bridgehead atoms. The van der Waals surface area contributed by atoms with Crippen LogP contribution in [0.5, 0.6) is 0 Å². The summed E-state index contributed by atoms with van der Waals surface area (Å²) >= 11 is 3.22. The number of carbonyl (C=O) groups is 1. The normalized spacial score (nSPS) is 22.4. The van der Waals surface area contributed by atoms with Crippen LogP contribution < -0.4 is 0 Å². The number of methoxy groups -OCH3 is 1. The number of nitrogens with zero attached hydrogens (tertiary/aromatic N) is 1. The highest BCUT2D eigenvalue weighted by Gasteiger charge is 2.25. The van der Waals surface area contributed by atoms with Gasteiger partial charge in [-0.1, -0.05) is 21.1 Å². The van der Waals surface area contributed by atoms with Gasteiger partial charge >= 0.3 is 5.97 Å². The molecular weight excluding hydrogens is 214 g/mol. The Morgan fingerprint density at radius 3 is 3.18 bits per heavy atom. The summed E-state index contributed by atoms with van der Waals surface area (Å²) in [6, 6.07) is 0. The number of halogens is 1. The summed E-state index contributed by atoms with van der Waals surface area (Å²) in [4.78, 5) is 15.7. The molecule has 0 aliphatic carbocycles. The quantitative estimate of drug-likeness (QED) is 0.510. The standard InChI is InChI=1S/C6H8BrNO3/c1-10-6(9)5-2-4(3-7)11-8-5/h4H,2-3H2,1H3. The van der Waals surface area contributed by atoms with E-state index in [4.69, 9.17) is 4.84 Å². The van der Waals surface area contributed by atoms with Crippen LogP contribution in [-0.2, 0) is 14.4 Å². The average Bonchev–Trinajstić information content (AvgIpc) is 2.50. The van der Waals surface area contributed by atoms with Crippen molar-refractivity contribution in [3.63, 3.8) is 0 Å². The Morgan fingerprint density at radius 2 is 2.73 bits per heavy atom. The van der Waals surface area contributed by atoms with Gasteiger partial charge in [-0.2, -0.15) is 0 Å². The van der Waals surface area contributed by atoms with E-state index >= 15 is 0 Å². The number of oxime groups is 1. The fourth-order valence-electron chi connectivity index (χ4n) is 0.749. The molecule has 0 saturated heterocycles. The van der Waals surface area contributed by atoms with Crippen LogP contribution in [0, 0.1) is 0 Å². The molecule has 1 aliphatic rings. The van der Waals surface area contributed by atoms with Gasteiger partial charge in [-0.15, -0.1) is 0 Å². The first kappa shape index (κ1) is 8.52. The molecule has 5 heteroatoms. The number of ether oxygens (including phenoxy) is 1. The monoisotopic (exact) mass is 221 g/mol. The van der Waals surface area contributed by atoms with Gasteiger partial charge < -0.3 is 9.57 Å². The number of alkyl halides is 1. The van der Waals surface area contributed by atoms with Gasteiger partial charge in [0.05, 0.1) is 7.11 Å². The Bertz CT molecular complexity index is 192. The van der Waals surface area contributed by atoms with Gasteiger partial charge in [0.25, 0.3) is 0 Å². The van der Waals surface area contributed by atoms with E-state index in [1.807, 2.05) is 0 Å². The van der Waals surface area contributed by atoms with Crippen LogP contribution in [0.3, 0.4) is 0 Å². The second-order valence-corrected chi connectivity index (χ2v) is 2.76. The van der Waals surface area contributed by atoms with Crippen LogP contribution in [-0.4, -0.2) is 30.2 Å². The Morgan fingerprint density at radius 1 is 2.00 bits per heavy atom. The van der Waals surface area contributed by atoms with Gasteiger partial charge in [-0.05, 0) is 0 Å². The fourth-order valence-corrected chi connectivity index (χ4v) is 1.10. The summed E-state index contributed by atoms with van der Waals surface area (Å²) < 4.78 is 4.46. The topological polar surface area (TPSA) is 47.9 Å². The molecule has 0 aromatic carbocycles. The van der Waals surface area contributed by atoms with Gasteiger partial charge in [0.1, 0.15) is 6.10 Å². The van der Waals surface area contributed by atoms with E-state index in [0.717, 1.165) is 0 Å². The van der Waals surface area contributed by atoms with Crippen LogP contribution in [0.2, 0.25) is 0 Å². The molecule has 1 heterocycles. The lowest BCUT2D eigenvalue weighted by Gasteiger charge is -1.99. The predicted molar refractivity (Wildman–Crippen MR) is 42.7 cm³/mol. The average molecular weight is 222 g/mol. The van der Waals surface area contributed by atoms with Crippen molar-refractivity contribution in [3.8, 4) is 0 Å². The Kier molecular flexibility index (Phi) is 2.87. The Labute approximate surface area is 72.7 Å². The van der Waals surface area contributed by atoms with Gasteiger partial charge in [0, 0.05) is 11.8 Å². The van der Waals surface area contributed by atoms with Gasteiger partial charge in [0.2, 0.25) is 0 Å². The van der Waals surface area contributed by atoms with Crippen LogP contribution >= 0.6 is 15.9 Å². The van der Waals surface area contributed by atoms with Crippen molar-refractivity contribution in [2.24, 2.45) is 5.16 Å². The number of rotatable bonds is 2. The first-order valence-electron chi connectivity index (χ1n) is 3.15. The minimum Gasteiger partial charge on any atom is -0.464 e. The molecule has 0 aromatic heterocycles. The summed E-state index contributed by atoms with van der Waals surface area (Å²) in [6.45, 7) is 0. The molecule has 11 heavy (non-hydrogen) atoms. The highest BCUT2D eigenvalue weighted by Crippen LogP contribution is 2.12. The van der Waals surface area contributed by atoms with Gasteiger partial charge in [-0.3, -0.25) is 0 Å². The maximum absolute atomic E-state index is 10.8. The van der Waals surface area contributed by atoms with Crippen molar-refractivity contribution in [2.45, 2.75) is 12.5 Å². The predicted octanol–water partition coefficient (Wildman–Crippen LogP) is 0.699. The molecular formula is C6H8BrNO3. The van der Waals surface area contributed by atoms with E-state index < -0.39 is 5.97 Å². The van der Waals surface area contributed by atoms with Crippen molar-refractivity contribution in [3.05, 3.63) is 0 Å². The third-order valence-corrected chi connectivity index (χ3v) is 2.05. The zero-order valence-electron chi connectivity index (χ0n) is 6.04. The smallest absolute Gasteiger partial charge is 0.355 e. The third kappa shape index (κ3) is 1.92. The van der Waals surface area contributed by atoms with Crippen LogP contribution in [0.1, 0.15) is 6.42 Å². The van der Waals surface area contributed by atoms with E-state index in [1.54, 1.807) is 0 Å². The summed E-state index contributed by atoms with van der Waals surface area (Å²) in [5.41, 5.74) is 0.358. The molecule has 0 fully saturated rings. The fraction of sp³-hybridized carbons (Fsp3) is 0.667. The molecule has 1 atom stereocenters. The summed E-state index contributed by atoms with van der Waals surface area (Å²) in [5, 5.41) is 4.25. The lowest BCUT2D eigenvalue weighted by Crippen LogP contribution is -2.17. The zero-order chi connectivity index (χ0) is 8.27. The maximum Gasteiger partial charge on any atom is 0.355 e. The van der Waals surface area contributed by atoms with Crippen LogP contribution in [0.4, 0.5) is 0 Å². The van der Waals surface area contributed by atoms with E-state index in [2.05, 4.69) is 25.8 Å². The van der Waals surface area contributed by atoms with Crippen molar-refractivity contribution in [2.75, 3.05) is 12.4 Å². The SMILES string of the molecule is COC(=O)C1=NOC(CBr)C1. The summed E-state index contributed by atoms with van der Waals surface area (Å²) in [7, 11) is 1.33. The Balaban J connectivity index is 2.45. The molecule has 1 unspecified atom stereocenters. The zero-order valence-corrected chi connectivity index (χ0v) is 7.63. The molecule has 0 N–H and O–H groups in total. The van der Waals surface area contributed by atoms with Crippen molar-refractivity contribution in [1.82, 2.24) is 0 Å². The lowest BCUT2D eigenvalue weighted by molar-refractivity contribution is -0.132. The summed E-state index contributed by atoms with van der Waals surface area (Å²) in [6.07, 6.45) is 0.502. The lowest BCUT2D eigenvalue weighted by atomic mass is 10.2. The largest absolute Gasteiger partial charge is 0.464 e. The van der Waals surface area contributed by atoms with Gasteiger partial charge in [-0.25, -0.2) is 4.79 Å². The second kappa shape index (κ2) is 3.71. The van der Waals surface area contributed by atoms with Gasteiger partial charge in [0.15, 0.2) is 5.71 Å². The molecule has 1 rings (SSSR count). The van der Waals surface area contributed by atoms with E-state index in [-0.39, 0.29) is 6.10 Å². The maximum atomic E-state index is 10.8. The molecule has 0 aromatic rings. The highest BCUT2D eigenvalue weighted by atomic mass is 79.9. The first-order chi connectivity index (χ1) is 5.27. The van der Waals surface area contributed by atoms with Crippen molar-refractivity contribution < 1.29 is 14.4 Å². The minimum atomic E-state index is -0.409. The molecule has 0 saturated carbocycles. The first-order valence-corrected chi connectivity index (χ1v) is 4.27. The molecule has 62 valence electrons. The Hall–Kier alpha value is -0.580. The molecule has 0 spiro atoms. The number of hydrogen-bond acceptors (Lipinski definition) is 4. The molecule has 0 radical (unpaired) electrons. The van der Waals surface area contributed by atoms with E-state index in [0.29, 0.717) is 17.5 Å². The minimum absolute atomic E-state index is 0.0240. The number of esters is 1. The molecule has 4 nitrogen and oxygen atoms in total. The second-order valence-electron chi connectivity index (χ2n) is 2.12. The van der Waals surface area contributed by atoms with Crippen molar-refractivity contribution in [1.29, 1.82) is 0 Å². The van der Waals surface area contributed by atoms with Crippen LogP contribution in [0.15, 0.2) is 5.16 Å². The van der Waals surface area contributed by atoms with Crippen LogP contribution in [0.25, 0.3) is 0 Å². The summed E-state index contributed by atoms with van der Waals surface area (Å²) in [5.74, 6) is -0.409. The molecule has 1 aliphatic heterocycles. The number of hydrogen-bond donors (Lipinski definition) is 0. The highest BCUT2D eigenvalue weighted by molar-refractivity contribution is 9.09. The number of carbonyl (C=O) groups excluding carboxylic acids is 1. The van der Waals surface area contributed by atoms with E-state index in [1.165, 1.54) is 7.11 Å². The molecule has 0 amide bonds. The van der Waals surface area contributed by atoms with E-state index in [9.17, 15) is 4.79 Å².